The number of benzene rings is 2. The van der Waals surface area contributed by atoms with E-state index in [4.69, 9.17) is 11.6 Å². The second kappa shape index (κ2) is 8.44. The van der Waals surface area contributed by atoms with Gasteiger partial charge in [-0.2, -0.15) is 4.31 Å². The minimum Gasteiger partial charge on any atom is -0.347 e. The van der Waals surface area contributed by atoms with E-state index in [-0.39, 0.29) is 5.91 Å². The number of hydrogen-bond acceptors (Lipinski definition) is 4. The molecule has 1 fully saturated rings. The highest BCUT2D eigenvalue weighted by Crippen LogP contribution is 2.35. The molecular weight excluding hydrogens is 428 g/mol. The summed E-state index contributed by atoms with van der Waals surface area (Å²) in [6, 6.07) is 14.3. The lowest BCUT2D eigenvalue weighted by Gasteiger charge is -2.25. The lowest BCUT2D eigenvalue weighted by atomic mass is 10.2. The topological polar surface area (TPSA) is 66.5 Å². The second-order valence-electron chi connectivity index (χ2n) is 7.03. The van der Waals surface area contributed by atoms with Gasteiger partial charge in [0.05, 0.1) is 9.92 Å². The maximum atomic E-state index is 12.7. The van der Waals surface area contributed by atoms with Gasteiger partial charge in [0.2, 0.25) is 10.0 Å². The van der Waals surface area contributed by atoms with Crippen molar-refractivity contribution in [3.63, 3.8) is 0 Å². The maximum absolute atomic E-state index is 12.7. The summed E-state index contributed by atoms with van der Waals surface area (Å²) >= 11 is 7.72. The van der Waals surface area contributed by atoms with Crippen LogP contribution >= 0.6 is 22.9 Å². The van der Waals surface area contributed by atoms with Crippen LogP contribution in [0.3, 0.4) is 0 Å². The van der Waals surface area contributed by atoms with Crippen LogP contribution in [0.4, 0.5) is 0 Å². The molecule has 1 aliphatic rings. The Bertz CT molecular complexity index is 1130. The Morgan fingerprint density at radius 2 is 1.72 bits per heavy atom. The number of thiophene rings is 1. The highest BCUT2D eigenvalue weighted by atomic mass is 35.5. The molecule has 0 aliphatic carbocycles. The average molecular weight is 449 g/mol. The molecule has 1 amide bonds. The zero-order valence-electron chi connectivity index (χ0n) is 15.7. The number of fused-ring (bicyclic) bond motifs is 1. The summed E-state index contributed by atoms with van der Waals surface area (Å²) in [5.74, 6) is -0.235. The van der Waals surface area contributed by atoms with Crippen LogP contribution in [-0.4, -0.2) is 31.7 Å². The molecule has 1 aromatic heterocycles. The van der Waals surface area contributed by atoms with Gasteiger partial charge < -0.3 is 5.32 Å². The van der Waals surface area contributed by atoms with Crippen molar-refractivity contribution in [2.24, 2.45) is 0 Å². The van der Waals surface area contributed by atoms with Gasteiger partial charge in [0.1, 0.15) is 4.88 Å². The molecule has 0 unspecified atom stereocenters. The number of halogens is 1. The van der Waals surface area contributed by atoms with Crippen molar-refractivity contribution in [3.05, 3.63) is 64.0 Å². The molecule has 3 aromatic rings. The first kappa shape index (κ1) is 20.3. The van der Waals surface area contributed by atoms with E-state index < -0.39 is 10.0 Å². The van der Waals surface area contributed by atoms with Gasteiger partial charge in [-0.1, -0.05) is 48.4 Å². The van der Waals surface area contributed by atoms with Crippen molar-refractivity contribution in [3.8, 4) is 0 Å². The minimum atomic E-state index is -3.44. The van der Waals surface area contributed by atoms with Crippen LogP contribution in [0.1, 0.15) is 34.5 Å². The first-order valence-electron chi connectivity index (χ1n) is 9.51. The summed E-state index contributed by atoms with van der Waals surface area (Å²) in [5, 5.41) is 4.20. The fourth-order valence-corrected chi connectivity index (χ4v) is 6.41. The Balaban J connectivity index is 1.43. The van der Waals surface area contributed by atoms with Crippen LogP contribution in [0.25, 0.3) is 10.1 Å². The van der Waals surface area contributed by atoms with Gasteiger partial charge in [-0.05, 0) is 36.6 Å². The van der Waals surface area contributed by atoms with Gasteiger partial charge in [-0.25, -0.2) is 8.42 Å². The van der Waals surface area contributed by atoms with E-state index in [1.807, 2.05) is 24.3 Å². The molecule has 1 saturated heterocycles. The van der Waals surface area contributed by atoms with E-state index in [1.165, 1.54) is 11.3 Å². The number of carbonyl (C=O) groups is 1. The normalized spacial score (nSPS) is 15.5. The molecule has 2 aromatic carbocycles. The van der Waals surface area contributed by atoms with Gasteiger partial charge in [-0.15, -0.1) is 11.3 Å². The van der Waals surface area contributed by atoms with E-state index in [0.717, 1.165) is 34.9 Å². The monoisotopic (exact) mass is 448 g/mol. The van der Waals surface area contributed by atoms with Crippen molar-refractivity contribution in [1.82, 2.24) is 9.62 Å². The molecular formula is C21H21ClN2O3S2. The molecule has 8 heteroatoms. The minimum absolute atomic E-state index is 0.235. The summed E-state index contributed by atoms with van der Waals surface area (Å²) in [5.41, 5.74) is 0.827. The van der Waals surface area contributed by atoms with Crippen molar-refractivity contribution in [2.45, 2.75) is 30.7 Å². The van der Waals surface area contributed by atoms with E-state index in [9.17, 15) is 13.2 Å². The van der Waals surface area contributed by atoms with E-state index in [1.54, 1.807) is 28.6 Å². The van der Waals surface area contributed by atoms with E-state index in [2.05, 4.69) is 5.32 Å². The van der Waals surface area contributed by atoms with Gasteiger partial charge >= 0.3 is 0 Å². The Morgan fingerprint density at radius 3 is 2.41 bits per heavy atom. The third-order valence-corrected chi connectivity index (χ3v) is 8.66. The molecule has 1 N–H and O–H groups in total. The molecule has 0 radical (unpaired) electrons. The standard InChI is InChI=1S/C21H21ClN2O3S2/c22-19-17-6-2-3-7-18(17)28-20(19)21(25)23-14-15-8-10-16(11-9-15)29(26,27)24-12-4-1-5-13-24/h2-3,6-11H,1,4-5,12-14H2,(H,23,25). The number of nitrogens with zero attached hydrogens (tertiary/aromatic N) is 1. The Kier molecular flexibility index (Phi) is 5.92. The van der Waals surface area contributed by atoms with Gasteiger partial charge in [0.25, 0.3) is 5.91 Å². The molecule has 0 bridgehead atoms. The highest BCUT2D eigenvalue weighted by Gasteiger charge is 2.25. The lowest BCUT2D eigenvalue weighted by molar-refractivity contribution is 0.0955. The predicted octanol–water partition coefficient (Wildman–Crippen LogP) is 4.66. The summed E-state index contributed by atoms with van der Waals surface area (Å²) in [6.45, 7) is 1.46. The Morgan fingerprint density at radius 1 is 1.03 bits per heavy atom. The summed E-state index contributed by atoms with van der Waals surface area (Å²) in [7, 11) is -3.44. The third-order valence-electron chi connectivity index (χ3n) is 5.07. The number of nitrogens with one attached hydrogen (secondary N) is 1. The van der Waals surface area contributed by atoms with Crippen molar-refractivity contribution >= 4 is 49.0 Å². The van der Waals surface area contributed by atoms with Crippen LogP contribution in [-0.2, 0) is 16.6 Å². The zero-order chi connectivity index (χ0) is 20.4. The SMILES string of the molecule is O=C(NCc1ccc(S(=O)(=O)N2CCCCC2)cc1)c1sc2ccccc2c1Cl. The molecule has 4 rings (SSSR count). The first-order valence-corrected chi connectivity index (χ1v) is 12.1. The molecule has 29 heavy (non-hydrogen) atoms. The highest BCUT2D eigenvalue weighted by molar-refractivity contribution is 7.89. The molecule has 152 valence electrons. The summed E-state index contributed by atoms with van der Waals surface area (Å²) in [4.78, 5) is 13.3. The number of amides is 1. The largest absolute Gasteiger partial charge is 0.347 e. The Labute approximate surface area is 179 Å². The van der Waals surface area contributed by atoms with Crippen LogP contribution in [0.2, 0.25) is 5.02 Å². The molecule has 0 spiro atoms. The van der Waals surface area contributed by atoms with E-state index in [0.29, 0.717) is 34.4 Å². The average Bonchev–Trinajstić information content (AvgIpc) is 3.10. The molecule has 2 heterocycles. The fourth-order valence-electron chi connectivity index (χ4n) is 3.46. The fraction of sp³-hybridized carbons (Fsp3) is 0.286. The quantitative estimate of drug-likeness (QED) is 0.617. The van der Waals surface area contributed by atoms with Gasteiger partial charge in [0, 0.05) is 29.7 Å². The smallest absolute Gasteiger partial charge is 0.263 e. The molecule has 1 aliphatic heterocycles. The second-order valence-corrected chi connectivity index (χ2v) is 10.4. The van der Waals surface area contributed by atoms with Gasteiger partial charge in [0.15, 0.2) is 0 Å². The molecule has 0 atom stereocenters. The third kappa shape index (κ3) is 4.19. The van der Waals surface area contributed by atoms with Crippen molar-refractivity contribution in [1.29, 1.82) is 0 Å². The summed E-state index contributed by atoms with van der Waals surface area (Å²) < 4.78 is 28.0. The first-order chi connectivity index (χ1) is 14.0. The van der Waals surface area contributed by atoms with Crippen LogP contribution < -0.4 is 5.32 Å². The van der Waals surface area contributed by atoms with Gasteiger partial charge in [-0.3, -0.25) is 4.79 Å². The number of piperidine rings is 1. The number of rotatable bonds is 5. The molecule has 0 saturated carbocycles. The van der Waals surface area contributed by atoms with Crippen LogP contribution in [0, 0.1) is 0 Å². The number of sulfonamides is 1. The number of carbonyl (C=O) groups excluding carboxylic acids is 1. The zero-order valence-corrected chi connectivity index (χ0v) is 18.1. The van der Waals surface area contributed by atoms with Crippen LogP contribution in [0.15, 0.2) is 53.4 Å². The molecule has 5 nitrogen and oxygen atoms in total. The van der Waals surface area contributed by atoms with Crippen LogP contribution in [0.5, 0.6) is 0 Å². The van der Waals surface area contributed by atoms with Crippen molar-refractivity contribution in [2.75, 3.05) is 13.1 Å². The van der Waals surface area contributed by atoms with E-state index >= 15 is 0 Å². The summed E-state index contributed by atoms with van der Waals surface area (Å²) in [6.07, 6.45) is 2.89. The van der Waals surface area contributed by atoms with Crippen molar-refractivity contribution < 1.29 is 13.2 Å². The number of hydrogen-bond donors (Lipinski definition) is 1. The maximum Gasteiger partial charge on any atom is 0.263 e. The lowest BCUT2D eigenvalue weighted by Crippen LogP contribution is -2.35. The Hall–Kier alpha value is -1.93. The predicted molar refractivity (Wildman–Crippen MR) is 117 cm³/mol.